The number of hydrogen-bond donors (Lipinski definition) is 1. The van der Waals surface area contributed by atoms with Crippen molar-refractivity contribution in [1.29, 1.82) is 0 Å². The highest BCUT2D eigenvalue weighted by atomic mass is 127. The van der Waals surface area contributed by atoms with Gasteiger partial charge in [0, 0.05) is 9.13 Å². The van der Waals surface area contributed by atoms with Gasteiger partial charge in [-0.1, -0.05) is 0 Å². The van der Waals surface area contributed by atoms with Crippen molar-refractivity contribution in [2.75, 3.05) is 13.2 Å². The van der Waals surface area contributed by atoms with Crippen LogP contribution in [0.2, 0.25) is 0 Å². The topological polar surface area (TPSA) is 61.5 Å². The molecule has 0 radical (unpaired) electrons. The fraction of sp³-hybridized carbons (Fsp3) is 0.455. The van der Waals surface area contributed by atoms with Crippen molar-refractivity contribution in [1.82, 2.24) is 0 Å². The van der Waals surface area contributed by atoms with Gasteiger partial charge >= 0.3 is 7.60 Å². The van der Waals surface area contributed by atoms with Crippen molar-refractivity contribution in [3.63, 3.8) is 0 Å². The summed E-state index contributed by atoms with van der Waals surface area (Å²) in [5, 5.41) is 0. The zero-order valence-corrected chi connectivity index (χ0v) is 13.3. The Morgan fingerprint density at radius 1 is 1.39 bits per heavy atom. The molecule has 1 aromatic carbocycles. The zero-order valence-electron chi connectivity index (χ0n) is 10.2. The highest BCUT2D eigenvalue weighted by Gasteiger charge is 2.35. The summed E-state index contributed by atoms with van der Waals surface area (Å²) < 4.78 is 37.2. The quantitative estimate of drug-likeness (QED) is 0.598. The second kappa shape index (κ2) is 6.96. The van der Waals surface area contributed by atoms with Gasteiger partial charge in [0.15, 0.2) is 0 Å². The second-order valence-corrected chi connectivity index (χ2v) is 6.88. The molecule has 0 saturated carbocycles. The van der Waals surface area contributed by atoms with Gasteiger partial charge in [0.05, 0.1) is 13.2 Å². The van der Waals surface area contributed by atoms with E-state index in [0.29, 0.717) is 0 Å². The molecule has 0 aliphatic heterocycles. The van der Waals surface area contributed by atoms with Crippen LogP contribution in [-0.4, -0.2) is 13.2 Å². The predicted octanol–water partition coefficient (Wildman–Crippen LogP) is 3.65. The molecular formula is C11H16FINO3P. The third kappa shape index (κ3) is 3.74. The van der Waals surface area contributed by atoms with E-state index in [4.69, 9.17) is 14.8 Å². The van der Waals surface area contributed by atoms with Crippen LogP contribution >= 0.6 is 30.2 Å². The highest BCUT2D eigenvalue weighted by molar-refractivity contribution is 14.1. The van der Waals surface area contributed by atoms with E-state index in [2.05, 4.69) is 0 Å². The Labute approximate surface area is 120 Å². The SMILES string of the molecule is CCOP(=O)(OCC)[C@@H](N)c1cc(I)ccc1F. The molecule has 0 saturated heterocycles. The first-order valence-electron chi connectivity index (χ1n) is 5.54. The van der Waals surface area contributed by atoms with Crippen LogP contribution in [0, 0.1) is 9.39 Å². The summed E-state index contributed by atoms with van der Waals surface area (Å²) in [7, 11) is -3.54. The average molecular weight is 387 g/mol. The maximum Gasteiger partial charge on any atom is 0.351 e. The van der Waals surface area contributed by atoms with Gasteiger partial charge in [0.1, 0.15) is 11.6 Å². The minimum atomic E-state index is -3.54. The Hall–Kier alpha value is -0.0100. The van der Waals surface area contributed by atoms with Crippen LogP contribution < -0.4 is 5.73 Å². The van der Waals surface area contributed by atoms with Gasteiger partial charge in [-0.3, -0.25) is 4.57 Å². The Morgan fingerprint density at radius 2 is 1.94 bits per heavy atom. The van der Waals surface area contributed by atoms with Crippen LogP contribution in [0.25, 0.3) is 0 Å². The van der Waals surface area contributed by atoms with E-state index in [-0.39, 0.29) is 18.8 Å². The van der Waals surface area contributed by atoms with Gasteiger partial charge in [-0.05, 0) is 54.6 Å². The van der Waals surface area contributed by atoms with Crippen LogP contribution in [0.5, 0.6) is 0 Å². The normalized spacial score (nSPS) is 13.6. The molecule has 18 heavy (non-hydrogen) atoms. The summed E-state index contributed by atoms with van der Waals surface area (Å²) >= 11 is 2.03. The van der Waals surface area contributed by atoms with Crippen LogP contribution in [-0.2, 0) is 13.6 Å². The molecule has 0 amide bonds. The molecule has 1 rings (SSSR count). The van der Waals surface area contributed by atoms with Crippen LogP contribution in [0.15, 0.2) is 18.2 Å². The molecule has 4 nitrogen and oxygen atoms in total. The summed E-state index contributed by atoms with van der Waals surface area (Å²) in [6.45, 7) is 3.75. The van der Waals surface area contributed by atoms with E-state index < -0.39 is 19.2 Å². The molecular weight excluding hydrogens is 371 g/mol. The van der Waals surface area contributed by atoms with Gasteiger partial charge in [0.25, 0.3) is 0 Å². The van der Waals surface area contributed by atoms with E-state index in [1.54, 1.807) is 26.0 Å². The third-order valence-electron chi connectivity index (χ3n) is 2.24. The lowest BCUT2D eigenvalue weighted by Gasteiger charge is -2.23. The van der Waals surface area contributed by atoms with Crippen LogP contribution in [0.4, 0.5) is 4.39 Å². The van der Waals surface area contributed by atoms with Crippen molar-refractivity contribution in [3.05, 3.63) is 33.1 Å². The van der Waals surface area contributed by atoms with Crippen molar-refractivity contribution in [2.45, 2.75) is 19.6 Å². The minimum absolute atomic E-state index is 0.145. The third-order valence-corrected chi connectivity index (χ3v) is 5.10. The smallest absolute Gasteiger partial charge is 0.314 e. The minimum Gasteiger partial charge on any atom is -0.314 e. The molecule has 1 atom stereocenters. The molecule has 0 bridgehead atoms. The number of rotatable bonds is 6. The molecule has 1 aromatic rings. The first-order valence-corrected chi connectivity index (χ1v) is 8.23. The van der Waals surface area contributed by atoms with E-state index >= 15 is 0 Å². The lowest BCUT2D eigenvalue weighted by Crippen LogP contribution is -2.16. The highest BCUT2D eigenvalue weighted by Crippen LogP contribution is 2.58. The first-order chi connectivity index (χ1) is 8.44. The van der Waals surface area contributed by atoms with Crippen LogP contribution in [0.1, 0.15) is 25.2 Å². The Kier molecular flexibility index (Phi) is 6.20. The molecule has 0 fully saturated rings. The van der Waals surface area contributed by atoms with E-state index in [0.717, 1.165) is 3.57 Å². The van der Waals surface area contributed by atoms with E-state index in [1.165, 1.54) is 6.07 Å². The molecule has 2 N–H and O–H groups in total. The number of hydrogen-bond acceptors (Lipinski definition) is 4. The summed E-state index contributed by atoms with van der Waals surface area (Å²) in [6.07, 6.45) is 0. The lowest BCUT2D eigenvalue weighted by atomic mass is 10.2. The van der Waals surface area contributed by atoms with Crippen molar-refractivity contribution >= 4 is 30.2 Å². The molecule has 7 heteroatoms. The summed E-state index contributed by atoms with van der Waals surface area (Å²) in [5.74, 6) is -1.63. The van der Waals surface area contributed by atoms with Gasteiger partial charge in [-0.2, -0.15) is 0 Å². The Balaban J connectivity index is 3.13. The van der Waals surface area contributed by atoms with Gasteiger partial charge in [-0.25, -0.2) is 4.39 Å². The fourth-order valence-corrected chi connectivity index (χ4v) is 3.64. The summed E-state index contributed by atoms with van der Waals surface area (Å²) in [5.41, 5.74) is 6.00. The van der Waals surface area contributed by atoms with Crippen molar-refractivity contribution in [2.24, 2.45) is 5.73 Å². The molecule has 0 aromatic heterocycles. The molecule has 102 valence electrons. The zero-order chi connectivity index (χ0) is 13.8. The maximum atomic E-state index is 13.7. The summed E-state index contributed by atoms with van der Waals surface area (Å²) in [6, 6.07) is 4.45. The van der Waals surface area contributed by atoms with Crippen molar-refractivity contribution < 1.29 is 18.0 Å². The van der Waals surface area contributed by atoms with E-state index in [1.807, 2.05) is 22.6 Å². The number of nitrogens with two attached hydrogens (primary N) is 1. The molecule has 0 unspecified atom stereocenters. The van der Waals surface area contributed by atoms with Gasteiger partial charge in [-0.15, -0.1) is 0 Å². The van der Waals surface area contributed by atoms with E-state index in [9.17, 15) is 8.96 Å². The Morgan fingerprint density at radius 3 is 2.44 bits per heavy atom. The predicted molar refractivity (Wildman–Crippen MR) is 76.9 cm³/mol. The number of benzene rings is 1. The molecule has 0 spiro atoms. The number of halogens is 2. The molecule has 0 aliphatic carbocycles. The van der Waals surface area contributed by atoms with Gasteiger partial charge < -0.3 is 14.8 Å². The fourth-order valence-electron chi connectivity index (χ4n) is 1.47. The lowest BCUT2D eigenvalue weighted by molar-refractivity contribution is 0.212. The largest absolute Gasteiger partial charge is 0.351 e. The average Bonchev–Trinajstić information content (AvgIpc) is 2.32. The summed E-state index contributed by atoms with van der Waals surface area (Å²) in [4.78, 5) is 0. The van der Waals surface area contributed by atoms with Crippen molar-refractivity contribution in [3.8, 4) is 0 Å². The molecule has 0 heterocycles. The maximum absolute atomic E-state index is 13.7. The molecule has 0 aliphatic rings. The van der Waals surface area contributed by atoms with Gasteiger partial charge in [0.2, 0.25) is 0 Å². The second-order valence-electron chi connectivity index (χ2n) is 3.49. The first kappa shape index (κ1) is 16.0. The van der Waals surface area contributed by atoms with Crippen LogP contribution in [0.3, 0.4) is 0 Å². The monoisotopic (exact) mass is 387 g/mol. The Bertz CT molecular complexity index is 448. The standard InChI is InChI=1S/C11H16FINO3P/c1-3-16-18(15,17-4-2)11(14)9-7-8(13)5-6-10(9)12/h5-7,11H,3-4,14H2,1-2H3/t11-/m1/s1.